The van der Waals surface area contributed by atoms with Crippen LogP contribution in [0.25, 0.3) is 22.4 Å². The Morgan fingerprint density at radius 3 is 2.87 bits per heavy atom. The number of para-hydroxylation sites is 1. The van der Waals surface area contributed by atoms with E-state index in [0.717, 1.165) is 26.5 Å². The second-order valence-electron chi connectivity index (χ2n) is 6.87. The maximum Gasteiger partial charge on any atom is 0.332 e. The molecule has 10 nitrogen and oxygen atoms in total. The highest BCUT2D eigenvalue weighted by Gasteiger charge is 2.23. The number of carbonyl (C=O) groups is 1. The number of amides is 1. The van der Waals surface area contributed by atoms with E-state index in [2.05, 4.69) is 15.3 Å². The highest BCUT2D eigenvalue weighted by molar-refractivity contribution is 7.16. The van der Waals surface area contributed by atoms with Gasteiger partial charge in [0.15, 0.2) is 16.3 Å². The van der Waals surface area contributed by atoms with E-state index in [1.165, 1.54) is 40.9 Å². The van der Waals surface area contributed by atoms with Crippen LogP contribution in [0.1, 0.15) is 4.88 Å². The summed E-state index contributed by atoms with van der Waals surface area (Å²) in [5.41, 5.74) is 1.13. The van der Waals surface area contributed by atoms with Crippen molar-refractivity contribution >= 4 is 33.5 Å². The fraction of sp³-hybridized carbons (Fsp3) is 0.211. The van der Waals surface area contributed by atoms with Gasteiger partial charge in [-0.05, 0) is 12.1 Å². The van der Waals surface area contributed by atoms with E-state index >= 15 is 0 Å². The van der Waals surface area contributed by atoms with Gasteiger partial charge in [0.25, 0.3) is 5.56 Å². The lowest BCUT2D eigenvalue weighted by Gasteiger charge is -2.15. The normalized spacial score (nSPS) is 12.3. The molecule has 0 saturated heterocycles. The molecule has 0 unspecified atom stereocenters. The van der Waals surface area contributed by atoms with E-state index < -0.39 is 11.2 Å². The molecule has 3 aromatic heterocycles. The molecule has 0 spiro atoms. The van der Waals surface area contributed by atoms with Crippen LogP contribution in [-0.2, 0) is 32.0 Å². The van der Waals surface area contributed by atoms with Crippen molar-refractivity contribution in [3.8, 4) is 17.0 Å². The first-order chi connectivity index (χ1) is 14.4. The molecule has 0 aliphatic carbocycles. The van der Waals surface area contributed by atoms with Crippen molar-refractivity contribution in [2.24, 2.45) is 14.1 Å². The molecule has 152 valence electrons. The van der Waals surface area contributed by atoms with Gasteiger partial charge in [0.1, 0.15) is 18.9 Å². The number of imidazole rings is 1. The van der Waals surface area contributed by atoms with Crippen LogP contribution >= 0.6 is 11.3 Å². The molecule has 5 rings (SSSR count). The van der Waals surface area contributed by atoms with Gasteiger partial charge < -0.3 is 14.6 Å². The van der Waals surface area contributed by atoms with Crippen LogP contribution in [-0.4, -0.2) is 29.6 Å². The van der Waals surface area contributed by atoms with Gasteiger partial charge in [0, 0.05) is 19.7 Å². The molecule has 0 radical (unpaired) electrons. The summed E-state index contributed by atoms with van der Waals surface area (Å²) in [4.78, 5) is 46.8. The Balaban J connectivity index is 1.43. The van der Waals surface area contributed by atoms with E-state index in [1.54, 1.807) is 0 Å². The minimum atomic E-state index is -0.503. The van der Waals surface area contributed by atoms with E-state index in [4.69, 9.17) is 4.74 Å². The number of rotatable bonds is 3. The summed E-state index contributed by atoms with van der Waals surface area (Å²) >= 11 is 1.35. The quantitative estimate of drug-likeness (QED) is 0.527. The summed E-state index contributed by atoms with van der Waals surface area (Å²) < 4.78 is 9.42. The van der Waals surface area contributed by atoms with Crippen molar-refractivity contribution in [3.63, 3.8) is 0 Å². The van der Waals surface area contributed by atoms with E-state index in [1.807, 2.05) is 24.3 Å². The molecule has 0 fully saturated rings. The van der Waals surface area contributed by atoms with Crippen LogP contribution < -0.4 is 21.3 Å². The van der Waals surface area contributed by atoms with Gasteiger partial charge in [0.2, 0.25) is 5.91 Å². The summed E-state index contributed by atoms with van der Waals surface area (Å²) in [5, 5.41) is 3.23. The smallest absolute Gasteiger partial charge is 0.332 e. The Bertz CT molecular complexity index is 1440. The third-order valence-corrected chi connectivity index (χ3v) is 5.92. The minimum absolute atomic E-state index is 0.138. The molecular weight excluding hydrogens is 408 g/mol. The molecule has 1 aliphatic heterocycles. The fourth-order valence-electron chi connectivity index (χ4n) is 3.48. The zero-order valence-corrected chi connectivity index (χ0v) is 16.9. The zero-order chi connectivity index (χ0) is 21.0. The first-order valence-corrected chi connectivity index (χ1v) is 9.88. The summed E-state index contributed by atoms with van der Waals surface area (Å²) in [6, 6.07) is 7.62. The number of fused-ring (bicyclic) bond motifs is 4. The predicted octanol–water partition coefficient (Wildman–Crippen LogP) is 1.09. The van der Waals surface area contributed by atoms with Gasteiger partial charge in [-0.15, -0.1) is 0 Å². The lowest BCUT2D eigenvalue weighted by Crippen LogP contribution is -2.37. The number of hydrogen-bond donors (Lipinski definition) is 1. The summed E-state index contributed by atoms with van der Waals surface area (Å²) in [6.45, 7) is 0.261. The fourth-order valence-corrected chi connectivity index (χ4v) is 4.38. The van der Waals surface area contributed by atoms with Crippen LogP contribution in [0.4, 0.5) is 5.13 Å². The van der Waals surface area contributed by atoms with E-state index in [0.29, 0.717) is 11.7 Å². The van der Waals surface area contributed by atoms with Crippen LogP contribution in [0.15, 0.2) is 40.2 Å². The minimum Gasteiger partial charge on any atom is -0.487 e. The number of aryl methyl sites for hydroxylation is 1. The standard InChI is InChI=1S/C19H16N6O4S/c1-23-16-15(17(27)24(2)19(23)28)25(9-20-16)7-13(26)21-18-22-14-10-5-3-4-6-11(10)29-8-12(14)30-18/h3-6,9H,7-8H2,1-2H3,(H,21,22,26). The van der Waals surface area contributed by atoms with Crippen molar-refractivity contribution in [1.82, 2.24) is 23.7 Å². The lowest BCUT2D eigenvalue weighted by molar-refractivity contribution is -0.116. The Kier molecular flexibility index (Phi) is 4.07. The number of carbonyl (C=O) groups excluding carboxylic acids is 1. The van der Waals surface area contributed by atoms with Gasteiger partial charge in [0.05, 0.1) is 16.9 Å². The Labute approximate surface area is 173 Å². The highest BCUT2D eigenvalue weighted by atomic mass is 32.1. The first-order valence-electron chi connectivity index (χ1n) is 9.06. The van der Waals surface area contributed by atoms with Crippen molar-refractivity contribution in [2.75, 3.05) is 5.32 Å². The summed E-state index contributed by atoms with van der Waals surface area (Å²) in [6.07, 6.45) is 1.38. The zero-order valence-electron chi connectivity index (χ0n) is 16.1. The lowest BCUT2D eigenvalue weighted by atomic mass is 10.1. The average Bonchev–Trinajstić information content (AvgIpc) is 3.34. The second kappa shape index (κ2) is 6.66. The number of hydrogen-bond acceptors (Lipinski definition) is 7. The Morgan fingerprint density at radius 1 is 1.23 bits per heavy atom. The van der Waals surface area contributed by atoms with Gasteiger partial charge in [-0.2, -0.15) is 0 Å². The number of benzene rings is 1. The average molecular weight is 424 g/mol. The molecular formula is C19H16N6O4S. The van der Waals surface area contributed by atoms with Gasteiger partial charge in [-0.1, -0.05) is 23.5 Å². The molecule has 0 saturated carbocycles. The number of thiazole rings is 1. The third-order valence-electron chi connectivity index (χ3n) is 4.98. The van der Waals surface area contributed by atoms with Gasteiger partial charge >= 0.3 is 5.69 Å². The topological polar surface area (TPSA) is 113 Å². The van der Waals surface area contributed by atoms with Crippen molar-refractivity contribution in [3.05, 3.63) is 56.3 Å². The van der Waals surface area contributed by atoms with Crippen LogP contribution in [0.5, 0.6) is 5.75 Å². The summed E-state index contributed by atoms with van der Waals surface area (Å²) in [5.74, 6) is 0.407. The second-order valence-corrected chi connectivity index (χ2v) is 7.96. The van der Waals surface area contributed by atoms with Crippen molar-refractivity contribution < 1.29 is 9.53 Å². The van der Waals surface area contributed by atoms with Gasteiger partial charge in [-0.25, -0.2) is 14.8 Å². The predicted molar refractivity (Wildman–Crippen MR) is 111 cm³/mol. The molecule has 0 atom stereocenters. The Hall–Kier alpha value is -3.73. The molecule has 1 aromatic carbocycles. The Morgan fingerprint density at radius 2 is 2.03 bits per heavy atom. The maximum atomic E-state index is 12.6. The third kappa shape index (κ3) is 2.74. The maximum absolute atomic E-state index is 12.6. The number of ether oxygens (including phenoxy) is 1. The number of nitrogens with zero attached hydrogens (tertiary/aromatic N) is 5. The first kappa shape index (κ1) is 18.3. The van der Waals surface area contributed by atoms with Gasteiger partial charge in [-0.3, -0.25) is 18.7 Å². The largest absolute Gasteiger partial charge is 0.487 e. The van der Waals surface area contributed by atoms with Crippen molar-refractivity contribution in [1.29, 1.82) is 0 Å². The van der Waals surface area contributed by atoms with E-state index in [9.17, 15) is 14.4 Å². The number of nitrogens with one attached hydrogen (secondary N) is 1. The van der Waals surface area contributed by atoms with Crippen LogP contribution in [0.2, 0.25) is 0 Å². The highest BCUT2D eigenvalue weighted by Crippen LogP contribution is 2.40. The van der Waals surface area contributed by atoms with Crippen molar-refractivity contribution in [2.45, 2.75) is 13.2 Å². The molecule has 1 N–H and O–H groups in total. The molecule has 0 bridgehead atoms. The monoisotopic (exact) mass is 424 g/mol. The van der Waals surface area contributed by atoms with Crippen LogP contribution in [0.3, 0.4) is 0 Å². The number of aromatic nitrogens is 5. The molecule has 11 heteroatoms. The number of anilines is 1. The van der Waals surface area contributed by atoms with E-state index in [-0.39, 0.29) is 23.6 Å². The molecule has 30 heavy (non-hydrogen) atoms. The molecule has 1 aliphatic rings. The summed E-state index contributed by atoms with van der Waals surface area (Å²) in [7, 11) is 2.92. The van der Waals surface area contributed by atoms with Crippen LogP contribution in [0, 0.1) is 0 Å². The molecule has 4 aromatic rings. The SMILES string of the molecule is Cn1c(=O)c2c(ncn2CC(=O)Nc2nc3c(s2)COc2ccccc2-3)n(C)c1=O. The molecule has 1 amide bonds. The molecule has 4 heterocycles.